The molecule has 1 unspecified atom stereocenters. The van der Waals surface area contributed by atoms with Gasteiger partial charge in [0.15, 0.2) is 0 Å². The van der Waals surface area contributed by atoms with Crippen molar-refractivity contribution in [2.24, 2.45) is 5.73 Å². The van der Waals surface area contributed by atoms with Gasteiger partial charge in [0.25, 0.3) is 0 Å². The van der Waals surface area contributed by atoms with Gasteiger partial charge in [-0.1, -0.05) is 6.92 Å². The van der Waals surface area contributed by atoms with Gasteiger partial charge < -0.3 is 10.5 Å². The van der Waals surface area contributed by atoms with E-state index in [0.717, 1.165) is 24.3 Å². The summed E-state index contributed by atoms with van der Waals surface area (Å²) in [6.07, 6.45) is 3.65. The Morgan fingerprint density at radius 1 is 1.26 bits per heavy atom. The highest BCUT2D eigenvalue weighted by molar-refractivity contribution is 7.11. The topological polar surface area (TPSA) is 48.1 Å². The maximum atomic E-state index is 5.74. The average Bonchev–Trinajstić information content (AvgIpc) is 2.85. The van der Waals surface area contributed by atoms with Gasteiger partial charge in [-0.15, -0.1) is 11.3 Å². The largest absolute Gasteiger partial charge is 0.486 e. The molecule has 3 nitrogen and oxygen atoms in total. The van der Waals surface area contributed by atoms with E-state index in [2.05, 4.69) is 24.0 Å². The standard InChI is InChI=1S/C15H20N2OS/c1-3-14-6-7-15(19-14)10-18-13-5-4-12(17-9-13)8-11(2)16/h4-7,9,11H,3,8,10,16H2,1-2H3. The van der Waals surface area contributed by atoms with Crippen molar-refractivity contribution in [3.8, 4) is 5.75 Å². The molecule has 0 spiro atoms. The van der Waals surface area contributed by atoms with Crippen molar-refractivity contribution in [2.45, 2.75) is 39.3 Å². The first kappa shape index (κ1) is 14.0. The van der Waals surface area contributed by atoms with Crippen LogP contribution >= 0.6 is 11.3 Å². The molecule has 19 heavy (non-hydrogen) atoms. The number of hydrogen-bond acceptors (Lipinski definition) is 4. The van der Waals surface area contributed by atoms with Crippen molar-refractivity contribution in [1.82, 2.24) is 4.98 Å². The van der Waals surface area contributed by atoms with E-state index in [1.165, 1.54) is 9.75 Å². The van der Waals surface area contributed by atoms with Gasteiger partial charge in [0.2, 0.25) is 0 Å². The molecule has 0 bridgehead atoms. The molecule has 0 fully saturated rings. The summed E-state index contributed by atoms with van der Waals surface area (Å²) in [5.74, 6) is 0.805. The predicted molar refractivity (Wildman–Crippen MR) is 79.6 cm³/mol. The number of hydrogen-bond donors (Lipinski definition) is 1. The molecule has 0 aliphatic heterocycles. The maximum Gasteiger partial charge on any atom is 0.138 e. The molecule has 2 rings (SSSR count). The maximum absolute atomic E-state index is 5.74. The smallest absolute Gasteiger partial charge is 0.138 e. The zero-order valence-electron chi connectivity index (χ0n) is 11.4. The van der Waals surface area contributed by atoms with Gasteiger partial charge in [0.1, 0.15) is 12.4 Å². The van der Waals surface area contributed by atoms with E-state index in [1.807, 2.05) is 19.1 Å². The Labute approximate surface area is 118 Å². The van der Waals surface area contributed by atoms with Crippen molar-refractivity contribution in [3.05, 3.63) is 45.9 Å². The van der Waals surface area contributed by atoms with Crippen LogP contribution in [-0.2, 0) is 19.4 Å². The van der Waals surface area contributed by atoms with Crippen LogP contribution in [-0.4, -0.2) is 11.0 Å². The van der Waals surface area contributed by atoms with Gasteiger partial charge in [-0.05, 0) is 37.6 Å². The number of nitrogens with zero attached hydrogens (tertiary/aromatic N) is 1. The summed E-state index contributed by atoms with van der Waals surface area (Å²) in [7, 11) is 0. The van der Waals surface area contributed by atoms with Crippen LogP contribution in [0.2, 0.25) is 0 Å². The van der Waals surface area contributed by atoms with Crippen LogP contribution in [0.3, 0.4) is 0 Å². The van der Waals surface area contributed by atoms with Crippen LogP contribution in [0.15, 0.2) is 30.5 Å². The SMILES string of the molecule is CCc1ccc(COc2ccc(CC(C)N)nc2)s1. The number of aromatic nitrogens is 1. The minimum absolute atomic E-state index is 0.137. The lowest BCUT2D eigenvalue weighted by atomic mass is 10.2. The summed E-state index contributed by atoms with van der Waals surface area (Å²) < 4.78 is 5.73. The van der Waals surface area contributed by atoms with E-state index in [9.17, 15) is 0 Å². The molecule has 1 atom stereocenters. The van der Waals surface area contributed by atoms with Crippen LogP contribution in [0.1, 0.15) is 29.3 Å². The summed E-state index contributed by atoms with van der Waals surface area (Å²) in [5.41, 5.74) is 6.75. The second-order valence-electron chi connectivity index (χ2n) is 4.68. The number of ether oxygens (including phenoxy) is 1. The Bertz CT molecular complexity index is 505. The minimum Gasteiger partial charge on any atom is -0.486 e. The Morgan fingerprint density at radius 2 is 2.05 bits per heavy atom. The molecule has 0 aliphatic rings. The van der Waals surface area contributed by atoms with E-state index in [1.54, 1.807) is 17.5 Å². The van der Waals surface area contributed by atoms with E-state index in [4.69, 9.17) is 10.5 Å². The summed E-state index contributed by atoms with van der Waals surface area (Å²) >= 11 is 1.80. The fraction of sp³-hybridized carbons (Fsp3) is 0.400. The van der Waals surface area contributed by atoms with Gasteiger partial charge in [-0.25, -0.2) is 0 Å². The first-order chi connectivity index (χ1) is 9.17. The third-order valence-corrected chi connectivity index (χ3v) is 3.98. The number of pyridine rings is 1. The zero-order valence-corrected chi connectivity index (χ0v) is 12.2. The fourth-order valence-corrected chi connectivity index (χ4v) is 2.66. The second kappa shape index (κ2) is 6.68. The van der Waals surface area contributed by atoms with Crippen LogP contribution in [0.5, 0.6) is 5.75 Å². The number of rotatable bonds is 6. The van der Waals surface area contributed by atoms with Crippen molar-refractivity contribution < 1.29 is 4.74 Å². The minimum atomic E-state index is 0.137. The highest BCUT2D eigenvalue weighted by atomic mass is 32.1. The van der Waals surface area contributed by atoms with E-state index >= 15 is 0 Å². The Balaban J connectivity index is 1.89. The third kappa shape index (κ3) is 4.33. The van der Waals surface area contributed by atoms with Crippen LogP contribution in [0, 0.1) is 0 Å². The van der Waals surface area contributed by atoms with Gasteiger partial charge in [0, 0.05) is 27.9 Å². The first-order valence-electron chi connectivity index (χ1n) is 6.58. The first-order valence-corrected chi connectivity index (χ1v) is 7.40. The number of aryl methyl sites for hydroxylation is 1. The van der Waals surface area contributed by atoms with Gasteiger partial charge >= 0.3 is 0 Å². The molecule has 0 radical (unpaired) electrons. The van der Waals surface area contributed by atoms with Crippen molar-refractivity contribution in [1.29, 1.82) is 0 Å². The zero-order chi connectivity index (χ0) is 13.7. The Morgan fingerprint density at radius 3 is 2.63 bits per heavy atom. The van der Waals surface area contributed by atoms with E-state index in [-0.39, 0.29) is 6.04 Å². The molecule has 0 amide bonds. The van der Waals surface area contributed by atoms with Crippen molar-refractivity contribution in [2.75, 3.05) is 0 Å². The van der Waals surface area contributed by atoms with Gasteiger partial charge in [0.05, 0.1) is 6.20 Å². The Hall–Kier alpha value is -1.39. The monoisotopic (exact) mass is 276 g/mol. The number of nitrogens with two attached hydrogens (primary N) is 1. The van der Waals surface area contributed by atoms with Crippen molar-refractivity contribution in [3.63, 3.8) is 0 Å². The number of thiophene rings is 1. The van der Waals surface area contributed by atoms with Gasteiger partial charge in [-0.2, -0.15) is 0 Å². The lowest BCUT2D eigenvalue weighted by Gasteiger charge is -2.07. The van der Waals surface area contributed by atoms with Crippen LogP contribution < -0.4 is 10.5 Å². The van der Waals surface area contributed by atoms with Crippen LogP contribution in [0.25, 0.3) is 0 Å². The van der Waals surface area contributed by atoms with E-state index in [0.29, 0.717) is 6.61 Å². The summed E-state index contributed by atoms with van der Waals surface area (Å²) in [6, 6.07) is 8.36. The molecular weight excluding hydrogens is 256 g/mol. The summed E-state index contributed by atoms with van der Waals surface area (Å²) in [6.45, 7) is 4.75. The lowest BCUT2D eigenvalue weighted by molar-refractivity contribution is 0.308. The summed E-state index contributed by atoms with van der Waals surface area (Å²) in [4.78, 5) is 6.99. The quantitative estimate of drug-likeness (QED) is 0.881. The summed E-state index contributed by atoms with van der Waals surface area (Å²) in [5, 5.41) is 0. The molecule has 2 aromatic heterocycles. The Kier molecular flexibility index (Phi) is 4.93. The molecule has 0 saturated heterocycles. The highest BCUT2D eigenvalue weighted by Gasteiger charge is 2.02. The average molecular weight is 276 g/mol. The van der Waals surface area contributed by atoms with Crippen LogP contribution in [0.4, 0.5) is 0 Å². The molecule has 0 aromatic carbocycles. The normalized spacial score (nSPS) is 12.4. The lowest BCUT2D eigenvalue weighted by Crippen LogP contribution is -2.18. The second-order valence-corrected chi connectivity index (χ2v) is 5.93. The molecule has 2 N–H and O–H groups in total. The van der Waals surface area contributed by atoms with Gasteiger partial charge in [-0.3, -0.25) is 4.98 Å². The molecule has 4 heteroatoms. The third-order valence-electron chi connectivity index (χ3n) is 2.78. The molecule has 0 saturated carbocycles. The molecule has 0 aliphatic carbocycles. The predicted octanol–water partition coefficient (Wildman–Crippen LogP) is 3.17. The molecular formula is C15H20N2OS. The molecule has 102 valence electrons. The van der Waals surface area contributed by atoms with E-state index < -0.39 is 0 Å². The van der Waals surface area contributed by atoms with Crippen molar-refractivity contribution >= 4 is 11.3 Å². The highest BCUT2D eigenvalue weighted by Crippen LogP contribution is 2.19. The molecule has 2 aromatic rings. The molecule has 2 heterocycles. The fourth-order valence-electron chi connectivity index (χ4n) is 1.79.